The van der Waals surface area contributed by atoms with Crippen molar-refractivity contribution in [2.75, 3.05) is 24.5 Å². The summed E-state index contributed by atoms with van der Waals surface area (Å²) >= 11 is 2.48. The van der Waals surface area contributed by atoms with Crippen molar-refractivity contribution in [3.05, 3.63) is 373 Å². The van der Waals surface area contributed by atoms with Crippen molar-refractivity contribution in [2.24, 2.45) is 0 Å². The molecule has 1 heterocycles. The fourth-order valence-electron chi connectivity index (χ4n) is 17.0. The maximum absolute atomic E-state index is 6.81. The molecule has 0 spiro atoms. The summed E-state index contributed by atoms with van der Waals surface area (Å²) in [6.07, 6.45) is 9.97. The van der Waals surface area contributed by atoms with Crippen LogP contribution in [-0.4, -0.2) is 6.04 Å². The zero-order chi connectivity index (χ0) is 76.9. The van der Waals surface area contributed by atoms with Gasteiger partial charge in [0.25, 0.3) is 0 Å². The van der Waals surface area contributed by atoms with E-state index in [1.807, 2.05) is 0 Å². The second-order valence-corrected chi connectivity index (χ2v) is 31.8. The molecule has 13 aromatic carbocycles. The highest BCUT2D eigenvalue weighted by Gasteiger charge is 2.27. The third-order valence-corrected chi connectivity index (χ3v) is 23.5. The summed E-state index contributed by atoms with van der Waals surface area (Å²) in [5.41, 5.74) is 42.7. The number of anilines is 13. The number of nitrogens with zero attached hydrogens (tertiary/aromatic N) is 5. The standard InChI is InChI=1S/C104H96IN5O/c1-66-14-47-96(72(7)56-66)106(87-35-23-81(24-36-87)84-29-41-90(42-30-84)109(99-49-16-68(3)58-74(99)9)100-50-17-69(4)59-75(100)10)86-33-21-80(22-34-86)82-27-39-89(40-28-82)108(98-53-20-79(65-105)62-78(98)13)93-46-55-104-95(64-93)94-63-92(45-54-103(94)111-104)107(97-48-15-67(2)57-73(97)8)88-37-25-83(26-38-88)85-31-43-91(44-32-85)110(101-51-18-70(5)60-76(101)11)102-52-19-71(6)61-77(102)12/h14-18,20-45,47-51,53-64,93H,19,46,52,65H2,1-13H3. The Hall–Kier alpha value is -11.7. The van der Waals surface area contributed by atoms with Gasteiger partial charge in [0.15, 0.2) is 0 Å². The highest BCUT2D eigenvalue weighted by atomic mass is 127. The monoisotopic (exact) mass is 1560 g/mol. The van der Waals surface area contributed by atoms with Gasteiger partial charge in [-0.2, -0.15) is 0 Å². The van der Waals surface area contributed by atoms with Gasteiger partial charge in [-0.25, -0.2) is 0 Å². The number of allylic oxidation sites excluding steroid dienone is 4. The van der Waals surface area contributed by atoms with Gasteiger partial charge in [0.05, 0.1) is 6.04 Å². The van der Waals surface area contributed by atoms with Crippen molar-refractivity contribution in [3.8, 4) is 33.4 Å². The first kappa shape index (κ1) is 73.5. The quantitative estimate of drug-likeness (QED) is 0.0592. The molecule has 1 unspecified atom stereocenters. The maximum atomic E-state index is 6.81. The van der Waals surface area contributed by atoms with Gasteiger partial charge < -0.3 is 28.9 Å². The van der Waals surface area contributed by atoms with Gasteiger partial charge in [0, 0.05) is 94.7 Å². The number of fused-ring (bicyclic) bond motifs is 3. The molecular weight excluding hydrogens is 1460 g/mol. The SMILES string of the molecule is CC1=CC(C)=C(N(c2ccc(-c3ccc(N(c4ccc5oc6c(c5c4)=CC(N(c4ccc(-c5ccc(N(c7ccc(-c8ccc(N(c9ccc(C)cc9C)c9ccc(C)cc9C)cc8)cc7)c7ccc(C)cc7C)cc5)cc4)c4ccc(CI)cc4C)CC=6)c4ccc(C)cc4C)cc3)cc2)c2ccc(C)cc2C)CC1. The van der Waals surface area contributed by atoms with Crippen LogP contribution in [0.1, 0.15) is 99.9 Å². The van der Waals surface area contributed by atoms with E-state index in [2.05, 4.69) is 428 Å². The van der Waals surface area contributed by atoms with Crippen molar-refractivity contribution in [1.29, 1.82) is 0 Å². The van der Waals surface area contributed by atoms with Crippen LogP contribution in [0.4, 0.5) is 73.9 Å². The molecule has 0 saturated carbocycles. The van der Waals surface area contributed by atoms with Gasteiger partial charge in [0.2, 0.25) is 0 Å². The van der Waals surface area contributed by atoms with E-state index in [1.54, 1.807) is 0 Å². The highest BCUT2D eigenvalue weighted by Crippen LogP contribution is 2.46. The first-order valence-electron chi connectivity index (χ1n) is 39.0. The molecular formula is C104H96IN5O. The first-order valence-corrected chi connectivity index (χ1v) is 40.5. The van der Waals surface area contributed by atoms with E-state index in [9.17, 15) is 0 Å². The fraction of sp³-hybridized carbons (Fsp3) is 0.173. The summed E-state index contributed by atoms with van der Waals surface area (Å²) in [7, 11) is 0. The molecule has 2 aliphatic carbocycles. The van der Waals surface area contributed by atoms with E-state index in [4.69, 9.17) is 4.42 Å². The molecule has 1 atom stereocenters. The molecule has 1 aromatic heterocycles. The van der Waals surface area contributed by atoms with Crippen molar-refractivity contribution in [1.82, 2.24) is 0 Å². The van der Waals surface area contributed by atoms with Gasteiger partial charge in [-0.1, -0.05) is 208 Å². The van der Waals surface area contributed by atoms with Crippen LogP contribution in [0.5, 0.6) is 0 Å². The number of rotatable bonds is 19. The third kappa shape index (κ3) is 14.9. The predicted molar refractivity (Wildman–Crippen MR) is 482 cm³/mol. The Morgan fingerprint density at radius 3 is 1.05 bits per heavy atom. The maximum Gasteiger partial charge on any atom is 0.135 e. The normalized spacial score (nSPS) is 13.3. The lowest BCUT2D eigenvalue weighted by Crippen LogP contribution is -2.37. The minimum Gasteiger partial charge on any atom is -0.456 e. The Morgan fingerprint density at radius 2 is 0.667 bits per heavy atom. The Balaban J connectivity index is 0.688. The van der Waals surface area contributed by atoms with Crippen LogP contribution >= 0.6 is 22.6 Å². The van der Waals surface area contributed by atoms with Gasteiger partial charge in [-0.3, -0.25) is 0 Å². The number of hydrogen-bond acceptors (Lipinski definition) is 6. The minimum absolute atomic E-state index is 0.0117. The first-order chi connectivity index (χ1) is 53.8. The van der Waals surface area contributed by atoms with E-state index >= 15 is 0 Å². The van der Waals surface area contributed by atoms with Crippen LogP contribution < -0.4 is 35.1 Å². The summed E-state index contributed by atoms with van der Waals surface area (Å²) < 4.78 is 7.75. The minimum atomic E-state index is -0.0117. The van der Waals surface area contributed by atoms with Crippen molar-refractivity contribution >= 4 is 120 Å². The van der Waals surface area contributed by atoms with Crippen LogP contribution in [-0.2, 0) is 4.43 Å². The molecule has 111 heavy (non-hydrogen) atoms. The lowest BCUT2D eigenvalue weighted by Gasteiger charge is -2.34. The second-order valence-electron chi connectivity index (χ2n) is 31.1. The van der Waals surface area contributed by atoms with Crippen molar-refractivity contribution < 1.29 is 4.42 Å². The fourth-order valence-corrected chi connectivity index (χ4v) is 17.4. The third-order valence-electron chi connectivity index (χ3n) is 22.6. The van der Waals surface area contributed by atoms with Gasteiger partial charge in [-0.05, 0) is 327 Å². The number of benzene rings is 13. The smallest absolute Gasteiger partial charge is 0.135 e. The van der Waals surface area contributed by atoms with Crippen LogP contribution in [0.25, 0.3) is 56.5 Å². The molecule has 0 bridgehead atoms. The highest BCUT2D eigenvalue weighted by molar-refractivity contribution is 14.1. The van der Waals surface area contributed by atoms with E-state index < -0.39 is 0 Å². The van der Waals surface area contributed by atoms with Crippen LogP contribution in [0.15, 0.2) is 300 Å². The van der Waals surface area contributed by atoms with Crippen LogP contribution in [0, 0.1) is 76.2 Å². The number of furan rings is 1. The Bertz CT molecular complexity index is 6010. The van der Waals surface area contributed by atoms with E-state index in [0.717, 1.165) is 107 Å². The molecule has 0 amide bonds. The zero-order valence-corrected chi connectivity index (χ0v) is 68.3. The number of hydrogen-bond donors (Lipinski definition) is 0. The summed E-state index contributed by atoms with van der Waals surface area (Å²) in [6.45, 7) is 28.7. The molecule has 0 saturated heterocycles. The number of halogens is 1. The van der Waals surface area contributed by atoms with Crippen LogP contribution in [0.3, 0.4) is 0 Å². The molecule has 550 valence electrons. The predicted octanol–water partition coefficient (Wildman–Crippen LogP) is 28.5. The van der Waals surface area contributed by atoms with Gasteiger partial charge in [-0.15, -0.1) is 0 Å². The van der Waals surface area contributed by atoms with E-state index in [1.165, 1.54) is 129 Å². The molecule has 6 nitrogen and oxygen atoms in total. The molecule has 0 fully saturated rings. The molecule has 2 aliphatic rings. The molecule has 7 heteroatoms. The largest absolute Gasteiger partial charge is 0.456 e. The molecule has 0 radical (unpaired) electrons. The lowest BCUT2D eigenvalue weighted by atomic mass is 9.95. The van der Waals surface area contributed by atoms with E-state index in [-0.39, 0.29) is 6.04 Å². The average molecular weight is 1560 g/mol. The van der Waals surface area contributed by atoms with Gasteiger partial charge in [0.1, 0.15) is 11.0 Å². The van der Waals surface area contributed by atoms with Crippen molar-refractivity contribution in [2.45, 2.75) is 120 Å². The van der Waals surface area contributed by atoms with Crippen LogP contribution in [0.2, 0.25) is 0 Å². The number of alkyl halides is 1. The molecule has 0 N–H and O–H groups in total. The summed E-state index contributed by atoms with van der Waals surface area (Å²) in [5, 5.41) is 2.20. The number of aryl methyl sites for hydroxylation is 11. The van der Waals surface area contributed by atoms with E-state index in [0.29, 0.717) is 0 Å². The average Bonchev–Trinajstić information content (AvgIpc) is 1.66. The summed E-state index contributed by atoms with van der Waals surface area (Å²) in [4.78, 5) is 12.2. The molecule has 14 aromatic rings. The molecule has 16 rings (SSSR count). The zero-order valence-electron chi connectivity index (χ0n) is 66.1. The summed E-state index contributed by atoms with van der Waals surface area (Å²) in [5.74, 6) is 0. The Kier molecular flexibility index (Phi) is 20.5. The topological polar surface area (TPSA) is 29.3 Å². The lowest BCUT2D eigenvalue weighted by molar-refractivity contribution is 0.569. The molecule has 0 aliphatic heterocycles. The Labute approximate surface area is 670 Å². The van der Waals surface area contributed by atoms with Gasteiger partial charge >= 0.3 is 0 Å². The second kappa shape index (κ2) is 31.0. The Morgan fingerprint density at radius 1 is 0.324 bits per heavy atom. The van der Waals surface area contributed by atoms with Crippen molar-refractivity contribution in [3.63, 3.8) is 0 Å². The summed E-state index contributed by atoms with van der Waals surface area (Å²) in [6, 6.07) is 102.